The summed E-state index contributed by atoms with van der Waals surface area (Å²) < 4.78 is 0. The van der Waals surface area contributed by atoms with Crippen molar-refractivity contribution in [2.45, 2.75) is 12.8 Å². The van der Waals surface area contributed by atoms with Gasteiger partial charge in [-0.2, -0.15) is 5.11 Å². The number of aromatic hydroxyl groups is 2. The predicted octanol–water partition coefficient (Wildman–Crippen LogP) is 5.43. The number of rotatable bonds is 8. The standard InChI is InChI=1S/C24H20N2O4/c1-2-19(27)13-10-16-8-11-18(12-9-16)25-26-21-14-20(22(28)15-23(21)29)24(30)17-6-4-3-5-7-17/h2-9,11-12,14-15,28-29H,1,10,13H2. The number of benzene rings is 3. The van der Waals surface area contributed by atoms with Gasteiger partial charge in [0.25, 0.3) is 0 Å². The number of carbonyl (C=O) groups is 2. The van der Waals surface area contributed by atoms with Gasteiger partial charge in [0, 0.05) is 18.1 Å². The molecule has 0 aromatic heterocycles. The van der Waals surface area contributed by atoms with Gasteiger partial charge in [-0.3, -0.25) is 9.59 Å². The number of allylic oxidation sites excluding steroid dienone is 1. The van der Waals surface area contributed by atoms with E-state index in [1.165, 1.54) is 12.1 Å². The SMILES string of the molecule is C=CC(=O)CCc1ccc(N=Nc2cc(C(=O)c3ccccc3)c(O)cc2O)cc1. The molecule has 0 heterocycles. The van der Waals surface area contributed by atoms with Crippen LogP contribution in [0.25, 0.3) is 0 Å². The van der Waals surface area contributed by atoms with Crippen molar-refractivity contribution in [3.05, 3.63) is 96.1 Å². The number of carbonyl (C=O) groups excluding carboxylic acids is 2. The zero-order valence-corrected chi connectivity index (χ0v) is 16.2. The monoisotopic (exact) mass is 400 g/mol. The van der Waals surface area contributed by atoms with Crippen LogP contribution in [-0.2, 0) is 11.2 Å². The first kappa shape index (κ1) is 20.7. The summed E-state index contributed by atoms with van der Waals surface area (Å²) in [5.74, 6) is -1.02. The summed E-state index contributed by atoms with van der Waals surface area (Å²) in [6, 6.07) is 18.1. The van der Waals surface area contributed by atoms with E-state index in [1.54, 1.807) is 42.5 Å². The van der Waals surface area contributed by atoms with Gasteiger partial charge in [0.15, 0.2) is 11.6 Å². The number of phenols is 2. The predicted molar refractivity (Wildman–Crippen MR) is 114 cm³/mol. The second-order valence-electron chi connectivity index (χ2n) is 6.59. The number of azo groups is 1. The van der Waals surface area contributed by atoms with Crippen LogP contribution < -0.4 is 0 Å². The van der Waals surface area contributed by atoms with E-state index in [0.717, 1.165) is 11.6 Å². The van der Waals surface area contributed by atoms with Gasteiger partial charge in [-0.1, -0.05) is 49.0 Å². The summed E-state index contributed by atoms with van der Waals surface area (Å²) in [7, 11) is 0. The van der Waals surface area contributed by atoms with Crippen LogP contribution in [-0.4, -0.2) is 21.8 Å². The molecule has 0 aliphatic carbocycles. The number of hydrogen-bond donors (Lipinski definition) is 2. The van der Waals surface area contributed by atoms with E-state index in [1.807, 2.05) is 12.1 Å². The average molecular weight is 400 g/mol. The van der Waals surface area contributed by atoms with Gasteiger partial charge in [0.05, 0.1) is 11.3 Å². The number of nitrogens with zero attached hydrogens (tertiary/aromatic N) is 2. The Morgan fingerprint density at radius 2 is 1.60 bits per heavy atom. The van der Waals surface area contributed by atoms with Crippen LogP contribution in [0.4, 0.5) is 11.4 Å². The third kappa shape index (κ3) is 5.05. The van der Waals surface area contributed by atoms with Crippen molar-refractivity contribution in [3.63, 3.8) is 0 Å². The molecule has 0 bridgehead atoms. The quantitative estimate of drug-likeness (QED) is 0.299. The van der Waals surface area contributed by atoms with Gasteiger partial charge in [0.2, 0.25) is 0 Å². The molecule has 0 saturated heterocycles. The van der Waals surface area contributed by atoms with Crippen molar-refractivity contribution in [1.82, 2.24) is 0 Å². The molecule has 2 N–H and O–H groups in total. The molecular weight excluding hydrogens is 380 g/mol. The smallest absolute Gasteiger partial charge is 0.196 e. The Labute approximate surface area is 173 Å². The first-order valence-corrected chi connectivity index (χ1v) is 9.29. The Bertz CT molecular complexity index is 1100. The second-order valence-corrected chi connectivity index (χ2v) is 6.59. The molecule has 3 aromatic carbocycles. The van der Waals surface area contributed by atoms with Crippen molar-refractivity contribution in [2.24, 2.45) is 10.2 Å². The van der Waals surface area contributed by atoms with Crippen molar-refractivity contribution in [2.75, 3.05) is 0 Å². The number of phenolic OH excluding ortho intramolecular Hbond substituents is 2. The molecule has 0 saturated carbocycles. The zero-order valence-electron chi connectivity index (χ0n) is 16.2. The van der Waals surface area contributed by atoms with Crippen LogP contribution in [0.1, 0.15) is 27.9 Å². The van der Waals surface area contributed by atoms with Gasteiger partial charge in [-0.15, -0.1) is 5.11 Å². The van der Waals surface area contributed by atoms with Crippen LogP contribution in [0.5, 0.6) is 11.5 Å². The maximum Gasteiger partial charge on any atom is 0.196 e. The molecule has 30 heavy (non-hydrogen) atoms. The first-order valence-electron chi connectivity index (χ1n) is 9.29. The Balaban J connectivity index is 1.79. The molecular formula is C24H20N2O4. The van der Waals surface area contributed by atoms with Gasteiger partial charge in [-0.05, 0) is 36.3 Å². The van der Waals surface area contributed by atoms with Gasteiger partial charge < -0.3 is 10.2 Å². The van der Waals surface area contributed by atoms with Crippen LogP contribution in [0, 0.1) is 0 Å². The highest BCUT2D eigenvalue weighted by molar-refractivity contribution is 6.11. The number of aryl methyl sites for hydroxylation is 1. The highest BCUT2D eigenvalue weighted by Gasteiger charge is 2.16. The number of hydrogen-bond acceptors (Lipinski definition) is 6. The molecule has 150 valence electrons. The third-order valence-electron chi connectivity index (χ3n) is 4.47. The molecule has 0 aliphatic rings. The van der Waals surface area contributed by atoms with Crippen LogP contribution in [0.3, 0.4) is 0 Å². The van der Waals surface area contributed by atoms with Gasteiger partial charge in [0.1, 0.15) is 17.2 Å². The lowest BCUT2D eigenvalue weighted by Crippen LogP contribution is -2.01. The van der Waals surface area contributed by atoms with Crippen molar-refractivity contribution >= 4 is 22.9 Å². The molecule has 0 spiro atoms. The summed E-state index contributed by atoms with van der Waals surface area (Å²) in [4.78, 5) is 23.9. The van der Waals surface area contributed by atoms with Crippen molar-refractivity contribution in [1.29, 1.82) is 0 Å². The van der Waals surface area contributed by atoms with E-state index in [9.17, 15) is 19.8 Å². The average Bonchev–Trinajstić information content (AvgIpc) is 2.77. The van der Waals surface area contributed by atoms with E-state index in [4.69, 9.17) is 0 Å². The van der Waals surface area contributed by atoms with E-state index >= 15 is 0 Å². The lowest BCUT2D eigenvalue weighted by atomic mass is 10.0. The third-order valence-corrected chi connectivity index (χ3v) is 4.47. The molecule has 3 rings (SSSR count). The highest BCUT2D eigenvalue weighted by Crippen LogP contribution is 2.35. The van der Waals surface area contributed by atoms with Gasteiger partial charge >= 0.3 is 0 Å². The topological polar surface area (TPSA) is 99.3 Å². The number of ketones is 2. The summed E-state index contributed by atoms with van der Waals surface area (Å²) in [5.41, 5.74) is 2.01. The largest absolute Gasteiger partial charge is 0.507 e. The fourth-order valence-electron chi connectivity index (χ4n) is 2.78. The van der Waals surface area contributed by atoms with Crippen molar-refractivity contribution < 1.29 is 19.8 Å². The minimum Gasteiger partial charge on any atom is -0.507 e. The Morgan fingerprint density at radius 1 is 0.900 bits per heavy atom. The minimum atomic E-state index is -0.386. The zero-order chi connectivity index (χ0) is 21.5. The highest BCUT2D eigenvalue weighted by atomic mass is 16.3. The maximum absolute atomic E-state index is 12.6. The lowest BCUT2D eigenvalue weighted by molar-refractivity contribution is -0.114. The molecule has 0 amide bonds. The second kappa shape index (κ2) is 9.43. The Hall–Kier alpha value is -4.06. The van der Waals surface area contributed by atoms with E-state index in [2.05, 4.69) is 16.8 Å². The molecule has 0 aliphatic heterocycles. The minimum absolute atomic E-state index is 0.0116. The van der Waals surface area contributed by atoms with Crippen molar-refractivity contribution in [3.8, 4) is 11.5 Å². The fraction of sp³-hybridized carbons (Fsp3) is 0.0833. The fourth-order valence-corrected chi connectivity index (χ4v) is 2.78. The molecule has 0 unspecified atom stereocenters. The Morgan fingerprint density at radius 3 is 2.27 bits per heavy atom. The van der Waals surface area contributed by atoms with E-state index in [-0.39, 0.29) is 34.3 Å². The van der Waals surface area contributed by atoms with Crippen LogP contribution in [0.15, 0.2) is 89.6 Å². The molecule has 0 radical (unpaired) electrons. The van der Waals surface area contributed by atoms with Crippen LogP contribution >= 0.6 is 0 Å². The molecule has 6 heteroatoms. The molecule has 3 aromatic rings. The molecule has 6 nitrogen and oxygen atoms in total. The van der Waals surface area contributed by atoms with Gasteiger partial charge in [-0.25, -0.2) is 0 Å². The summed E-state index contributed by atoms with van der Waals surface area (Å²) in [6.45, 7) is 3.45. The van der Waals surface area contributed by atoms with E-state index < -0.39 is 0 Å². The normalized spacial score (nSPS) is 10.8. The van der Waals surface area contributed by atoms with E-state index in [0.29, 0.717) is 24.1 Å². The molecule has 0 atom stereocenters. The Kier molecular flexibility index (Phi) is 6.49. The summed E-state index contributed by atoms with van der Waals surface area (Å²) in [6.07, 6.45) is 2.31. The summed E-state index contributed by atoms with van der Waals surface area (Å²) in [5, 5.41) is 28.3. The molecule has 0 fully saturated rings. The maximum atomic E-state index is 12.6. The summed E-state index contributed by atoms with van der Waals surface area (Å²) >= 11 is 0. The van der Waals surface area contributed by atoms with Crippen LogP contribution in [0.2, 0.25) is 0 Å². The lowest BCUT2D eigenvalue weighted by Gasteiger charge is -2.07. The first-order chi connectivity index (χ1) is 14.5.